The number of para-hydroxylation sites is 2. The summed E-state index contributed by atoms with van der Waals surface area (Å²) in [5.74, 6) is 6.04. The van der Waals surface area contributed by atoms with E-state index in [0.717, 1.165) is 23.3 Å². The maximum Gasteiger partial charge on any atom is 0.416 e. The first-order chi connectivity index (χ1) is 15.4. The Morgan fingerprint density at radius 2 is 1.59 bits per heavy atom. The molecule has 3 aromatic carbocycles. The molecule has 1 aliphatic rings. The Balaban J connectivity index is 1.37. The van der Waals surface area contributed by atoms with Crippen LogP contribution in [0.4, 0.5) is 13.2 Å². The molecule has 3 aromatic rings. The predicted molar refractivity (Wildman–Crippen MR) is 113 cm³/mol. The normalized spacial score (nSPS) is 12.5. The summed E-state index contributed by atoms with van der Waals surface area (Å²) in [7, 11) is 0. The number of alkyl halides is 3. The number of benzene rings is 3. The lowest BCUT2D eigenvalue weighted by Gasteiger charge is -2.27. The Hall–Kier alpha value is -3.92. The summed E-state index contributed by atoms with van der Waals surface area (Å²) in [6.07, 6.45) is -4.43. The fourth-order valence-electron chi connectivity index (χ4n) is 3.42. The molecule has 0 saturated heterocycles. The largest absolute Gasteiger partial charge is 0.481 e. The van der Waals surface area contributed by atoms with Crippen molar-refractivity contribution in [3.05, 3.63) is 89.5 Å². The molecule has 1 amide bonds. The molecule has 32 heavy (non-hydrogen) atoms. The number of carbonyl (C=O) groups excluding carboxylic acids is 1. The number of halogens is 3. The zero-order valence-corrected chi connectivity index (χ0v) is 16.8. The Kier molecular flexibility index (Phi) is 6.04. The summed E-state index contributed by atoms with van der Waals surface area (Å²) in [5, 5.41) is 2.79. The highest BCUT2D eigenvalue weighted by molar-refractivity contribution is 5.89. The Morgan fingerprint density at radius 1 is 0.938 bits per heavy atom. The highest BCUT2D eigenvalue weighted by Gasteiger charge is 2.32. The lowest BCUT2D eigenvalue weighted by molar-refractivity contribution is -0.137. The van der Waals surface area contributed by atoms with Crippen molar-refractivity contribution in [2.75, 3.05) is 13.2 Å². The lowest BCUT2D eigenvalue weighted by atomic mass is 9.87. The average molecular weight is 437 g/mol. The highest BCUT2D eigenvalue weighted by atomic mass is 19.4. The van der Waals surface area contributed by atoms with E-state index >= 15 is 0 Å². The topological polar surface area (TPSA) is 47.6 Å². The molecule has 0 unspecified atom stereocenters. The molecule has 4 rings (SSSR count). The van der Waals surface area contributed by atoms with Gasteiger partial charge in [-0.1, -0.05) is 54.3 Å². The molecular formula is C25H18F3NO3. The van der Waals surface area contributed by atoms with Crippen molar-refractivity contribution < 1.29 is 27.4 Å². The maximum atomic E-state index is 12.9. The van der Waals surface area contributed by atoms with Crippen LogP contribution < -0.4 is 14.8 Å². The first kappa shape index (κ1) is 21.3. The van der Waals surface area contributed by atoms with Crippen molar-refractivity contribution in [3.8, 4) is 29.1 Å². The third kappa shape index (κ3) is 4.70. The van der Waals surface area contributed by atoms with Crippen LogP contribution in [-0.4, -0.2) is 19.1 Å². The third-order valence-corrected chi connectivity index (χ3v) is 4.89. The zero-order valence-electron chi connectivity index (χ0n) is 16.8. The van der Waals surface area contributed by atoms with Gasteiger partial charge in [-0.05, 0) is 30.3 Å². The molecule has 7 heteroatoms. The van der Waals surface area contributed by atoms with Crippen LogP contribution in [0, 0.1) is 11.8 Å². The van der Waals surface area contributed by atoms with Gasteiger partial charge in [0.15, 0.2) is 0 Å². The second-order valence-corrected chi connectivity index (χ2v) is 7.00. The van der Waals surface area contributed by atoms with E-state index in [2.05, 4.69) is 17.2 Å². The van der Waals surface area contributed by atoms with Crippen LogP contribution in [-0.2, 0) is 11.0 Å². The number of amides is 1. The van der Waals surface area contributed by atoms with Crippen LogP contribution in [0.25, 0.3) is 0 Å². The van der Waals surface area contributed by atoms with Gasteiger partial charge in [0.05, 0.1) is 18.0 Å². The van der Waals surface area contributed by atoms with Crippen LogP contribution in [0.15, 0.2) is 72.8 Å². The van der Waals surface area contributed by atoms with Gasteiger partial charge in [0.1, 0.15) is 23.9 Å². The van der Waals surface area contributed by atoms with Crippen molar-refractivity contribution in [2.24, 2.45) is 0 Å². The number of nitrogens with one attached hydrogen (secondary N) is 1. The van der Waals surface area contributed by atoms with Crippen molar-refractivity contribution in [1.82, 2.24) is 5.32 Å². The van der Waals surface area contributed by atoms with Crippen LogP contribution in [0.2, 0.25) is 0 Å². The standard InChI is InChI=1S/C25H18F3NO3/c26-25(27,28)17-8-7-9-18(16-17)31-15-6-5-14-29-24(30)23-19-10-1-3-12-21(19)32-22-13-4-2-11-20(22)23/h1-4,7-13,16,23H,14-15H2,(H,29,30). The third-order valence-electron chi connectivity index (χ3n) is 4.89. The molecule has 1 heterocycles. The minimum Gasteiger partial charge on any atom is -0.481 e. The van der Waals surface area contributed by atoms with E-state index in [1.54, 1.807) is 0 Å². The molecule has 0 fully saturated rings. The van der Waals surface area contributed by atoms with Crippen LogP contribution in [0.1, 0.15) is 22.6 Å². The molecule has 4 nitrogen and oxygen atoms in total. The second-order valence-electron chi connectivity index (χ2n) is 7.00. The predicted octanol–water partition coefficient (Wildman–Crippen LogP) is 5.14. The smallest absolute Gasteiger partial charge is 0.416 e. The molecule has 0 spiro atoms. The fourth-order valence-corrected chi connectivity index (χ4v) is 3.42. The number of fused-ring (bicyclic) bond motifs is 2. The second kappa shape index (κ2) is 9.06. The Bertz CT molecular complexity index is 1150. The van der Waals surface area contributed by atoms with Gasteiger partial charge >= 0.3 is 6.18 Å². The molecule has 0 saturated carbocycles. The fraction of sp³-hybridized carbons (Fsp3) is 0.160. The van der Waals surface area contributed by atoms with Crippen LogP contribution in [0.3, 0.4) is 0 Å². The molecule has 0 bridgehead atoms. The minimum absolute atomic E-state index is 0.0759. The highest BCUT2D eigenvalue weighted by Crippen LogP contribution is 2.43. The number of hydrogen-bond donors (Lipinski definition) is 1. The van der Waals surface area contributed by atoms with E-state index in [0.29, 0.717) is 11.5 Å². The molecule has 0 aliphatic carbocycles. The van der Waals surface area contributed by atoms with Gasteiger partial charge in [-0.25, -0.2) is 0 Å². The van der Waals surface area contributed by atoms with E-state index in [-0.39, 0.29) is 24.8 Å². The number of carbonyl (C=O) groups is 1. The van der Waals surface area contributed by atoms with Gasteiger partial charge < -0.3 is 14.8 Å². The van der Waals surface area contributed by atoms with E-state index in [1.165, 1.54) is 12.1 Å². The SMILES string of the molecule is O=C(NCC#CCOc1cccc(C(F)(F)F)c1)C1c2ccccc2Oc2ccccc21. The van der Waals surface area contributed by atoms with E-state index in [4.69, 9.17) is 9.47 Å². The monoisotopic (exact) mass is 437 g/mol. The van der Waals surface area contributed by atoms with Crippen molar-refractivity contribution in [1.29, 1.82) is 0 Å². The van der Waals surface area contributed by atoms with Gasteiger partial charge in [-0.2, -0.15) is 13.2 Å². The Morgan fingerprint density at radius 3 is 2.25 bits per heavy atom. The molecule has 1 N–H and O–H groups in total. The van der Waals surface area contributed by atoms with E-state index in [1.807, 2.05) is 48.5 Å². The number of rotatable bonds is 4. The number of hydrogen-bond acceptors (Lipinski definition) is 3. The molecule has 162 valence electrons. The molecule has 0 aromatic heterocycles. The van der Waals surface area contributed by atoms with E-state index in [9.17, 15) is 18.0 Å². The first-order valence-electron chi connectivity index (χ1n) is 9.82. The average Bonchev–Trinajstić information content (AvgIpc) is 2.79. The lowest BCUT2D eigenvalue weighted by Crippen LogP contribution is -2.31. The summed E-state index contributed by atoms with van der Waals surface area (Å²) < 4.78 is 49.4. The summed E-state index contributed by atoms with van der Waals surface area (Å²) in [6.45, 7) is -0.0212. The number of ether oxygens (including phenoxy) is 2. The van der Waals surface area contributed by atoms with Gasteiger partial charge in [-0.3, -0.25) is 4.79 Å². The van der Waals surface area contributed by atoms with Crippen LogP contribution >= 0.6 is 0 Å². The summed E-state index contributed by atoms with van der Waals surface area (Å²) in [5.41, 5.74) is 0.751. The van der Waals surface area contributed by atoms with Crippen molar-refractivity contribution in [3.63, 3.8) is 0 Å². The van der Waals surface area contributed by atoms with Crippen molar-refractivity contribution >= 4 is 5.91 Å². The van der Waals surface area contributed by atoms with Crippen molar-refractivity contribution in [2.45, 2.75) is 12.1 Å². The minimum atomic E-state index is -4.43. The van der Waals surface area contributed by atoms with Gasteiger partial charge in [0, 0.05) is 11.1 Å². The summed E-state index contributed by atoms with van der Waals surface area (Å²) in [6, 6.07) is 19.3. The van der Waals surface area contributed by atoms with Crippen LogP contribution in [0.5, 0.6) is 17.2 Å². The zero-order chi connectivity index (χ0) is 22.6. The quantitative estimate of drug-likeness (QED) is 0.575. The summed E-state index contributed by atoms with van der Waals surface area (Å²) in [4.78, 5) is 12.9. The molecular weight excluding hydrogens is 419 g/mol. The van der Waals surface area contributed by atoms with Gasteiger partial charge in [0.25, 0.3) is 0 Å². The van der Waals surface area contributed by atoms with E-state index < -0.39 is 17.7 Å². The molecule has 1 aliphatic heterocycles. The Labute approximate surface area is 183 Å². The van der Waals surface area contributed by atoms with Gasteiger partial charge in [0.2, 0.25) is 5.91 Å². The summed E-state index contributed by atoms with van der Waals surface area (Å²) >= 11 is 0. The maximum absolute atomic E-state index is 12.9. The van der Waals surface area contributed by atoms with Gasteiger partial charge in [-0.15, -0.1) is 0 Å². The molecule has 0 radical (unpaired) electrons. The molecule has 0 atom stereocenters. The first-order valence-corrected chi connectivity index (χ1v) is 9.82.